The van der Waals surface area contributed by atoms with Crippen LogP contribution in [0.15, 0.2) is 0 Å². The van der Waals surface area contributed by atoms with Crippen LogP contribution in [0.2, 0.25) is 0 Å². The predicted molar refractivity (Wildman–Crippen MR) is 52.5 cm³/mol. The zero-order valence-electron chi connectivity index (χ0n) is 7.03. The molecule has 0 heterocycles. The van der Waals surface area contributed by atoms with Crippen molar-refractivity contribution >= 4 is 23.0 Å². The van der Waals surface area contributed by atoms with Crippen molar-refractivity contribution in [2.24, 2.45) is 17.6 Å². The Hall–Kier alpha value is -0.0900. The molecule has 4 heteroatoms. The average Bonchev–Trinajstić information content (AvgIpc) is 2.05. The molecule has 0 aromatic heterocycles. The first kappa shape index (κ1) is 11.9. The van der Waals surface area contributed by atoms with Crippen LogP contribution >= 0.6 is 17.0 Å². The van der Waals surface area contributed by atoms with Gasteiger partial charge in [-0.3, -0.25) is 4.79 Å². The summed E-state index contributed by atoms with van der Waals surface area (Å²) < 4.78 is 0. The molecule has 0 unspecified atom stereocenters. The van der Waals surface area contributed by atoms with Gasteiger partial charge in [-0.15, -0.1) is 17.0 Å². The number of hydrogen-bond donors (Lipinski definition) is 2. The van der Waals surface area contributed by atoms with Crippen LogP contribution in [0.25, 0.3) is 0 Å². The lowest BCUT2D eigenvalue weighted by atomic mass is 9.82. The fraction of sp³-hybridized carbons (Fsp3) is 0.875. The Morgan fingerprint density at radius 3 is 2.17 bits per heavy atom. The summed E-state index contributed by atoms with van der Waals surface area (Å²) in [5.74, 6) is -0.163. The van der Waals surface area contributed by atoms with E-state index < -0.39 is 5.97 Å². The van der Waals surface area contributed by atoms with Crippen molar-refractivity contribution in [3.63, 3.8) is 0 Å². The van der Waals surface area contributed by atoms with Gasteiger partial charge in [-0.2, -0.15) is 0 Å². The summed E-state index contributed by atoms with van der Waals surface area (Å²) >= 11 is 0. The second-order valence-corrected chi connectivity index (χ2v) is 3.29. The summed E-state index contributed by atoms with van der Waals surface area (Å²) in [6.45, 7) is 0.715. The van der Waals surface area contributed by atoms with E-state index in [1.807, 2.05) is 0 Å². The second kappa shape index (κ2) is 5.54. The van der Waals surface area contributed by atoms with Gasteiger partial charge in [0.1, 0.15) is 0 Å². The molecule has 1 rings (SSSR count). The molecular weight excluding hydrogens is 222 g/mol. The maximum Gasteiger partial charge on any atom is 0.306 e. The average molecular weight is 238 g/mol. The number of carboxylic acids is 1. The molecule has 0 atom stereocenters. The lowest BCUT2D eigenvalue weighted by molar-refractivity contribution is -0.143. The zero-order chi connectivity index (χ0) is 8.27. The van der Waals surface area contributed by atoms with Crippen LogP contribution in [0.4, 0.5) is 0 Å². The van der Waals surface area contributed by atoms with Crippen molar-refractivity contribution in [2.45, 2.75) is 25.7 Å². The smallest absolute Gasteiger partial charge is 0.306 e. The summed E-state index contributed by atoms with van der Waals surface area (Å²) in [4.78, 5) is 10.5. The van der Waals surface area contributed by atoms with E-state index in [-0.39, 0.29) is 22.9 Å². The fourth-order valence-corrected chi connectivity index (χ4v) is 1.65. The van der Waals surface area contributed by atoms with Crippen molar-refractivity contribution in [2.75, 3.05) is 6.54 Å². The number of hydrogen-bond acceptors (Lipinski definition) is 2. The third-order valence-corrected chi connectivity index (χ3v) is 2.53. The monoisotopic (exact) mass is 237 g/mol. The van der Waals surface area contributed by atoms with Gasteiger partial charge in [-0.1, -0.05) is 0 Å². The summed E-state index contributed by atoms with van der Waals surface area (Å²) in [6, 6.07) is 0. The number of rotatable bonds is 2. The number of aliphatic carboxylic acids is 1. The molecule has 0 spiro atoms. The molecule has 0 radical (unpaired) electrons. The topological polar surface area (TPSA) is 63.3 Å². The Balaban J connectivity index is 0.00000121. The predicted octanol–water partition coefficient (Wildman–Crippen LogP) is 1.41. The Morgan fingerprint density at radius 2 is 1.83 bits per heavy atom. The highest BCUT2D eigenvalue weighted by molar-refractivity contribution is 8.93. The summed E-state index contributed by atoms with van der Waals surface area (Å²) in [6.07, 6.45) is 3.62. The first-order valence-electron chi connectivity index (χ1n) is 4.17. The maximum atomic E-state index is 10.5. The van der Waals surface area contributed by atoms with E-state index in [4.69, 9.17) is 10.8 Å². The van der Waals surface area contributed by atoms with Gasteiger partial charge in [0.05, 0.1) is 5.92 Å². The van der Waals surface area contributed by atoms with E-state index in [0.717, 1.165) is 25.7 Å². The molecule has 0 aromatic carbocycles. The third-order valence-electron chi connectivity index (χ3n) is 2.53. The third kappa shape index (κ3) is 3.11. The van der Waals surface area contributed by atoms with E-state index in [1.54, 1.807) is 0 Å². The minimum absolute atomic E-state index is 0. The molecule has 1 aliphatic rings. The molecule has 3 nitrogen and oxygen atoms in total. The lowest BCUT2D eigenvalue weighted by Gasteiger charge is -2.24. The minimum Gasteiger partial charge on any atom is -0.481 e. The van der Waals surface area contributed by atoms with Crippen molar-refractivity contribution in [3.05, 3.63) is 0 Å². The molecule has 1 saturated carbocycles. The van der Waals surface area contributed by atoms with E-state index >= 15 is 0 Å². The van der Waals surface area contributed by atoms with Crippen LogP contribution in [-0.2, 0) is 4.79 Å². The van der Waals surface area contributed by atoms with E-state index in [2.05, 4.69) is 0 Å². The molecule has 0 aliphatic heterocycles. The fourth-order valence-electron chi connectivity index (χ4n) is 1.65. The minimum atomic E-state index is -0.638. The van der Waals surface area contributed by atoms with Crippen LogP contribution in [0, 0.1) is 11.8 Å². The molecule has 0 saturated heterocycles. The van der Waals surface area contributed by atoms with Crippen molar-refractivity contribution in [1.29, 1.82) is 0 Å². The second-order valence-electron chi connectivity index (χ2n) is 3.29. The van der Waals surface area contributed by atoms with Gasteiger partial charge in [0, 0.05) is 0 Å². The van der Waals surface area contributed by atoms with Crippen molar-refractivity contribution < 1.29 is 9.90 Å². The van der Waals surface area contributed by atoms with Crippen LogP contribution in [-0.4, -0.2) is 17.6 Å². The largest absolute Gasteiger partial charge is 0.481 e. The van der Waals surface area contributed by atoms with Gasteiger partial charge in [0.2, 0.25) is 0 Å². The van der Waals surface area contributed by atoms with Crippen LogP contribution in [0.5, 0.6) is 0 Å². The van der Waals surface area contributed by atoms with Gasteiger partial charge in [0.25, 0.3) is 0 Å². The lowest BCUT2D eigenvalue weighted by Crippen LogP contribution is -2.25. The SMILES string of the molecule is Br.NCC1CCC(C(=O)O)CC1. The highest BCUT2D eigenvalue weighted by Crippen LogP contribution is 2.27. The number of nitrogens with two attached hydrogens (primary N) is 1. The van der Waals surface area contributed by atoms with E-state index in [1.165, 1.54) is 0 Å². The number of carbonyl (C=O) groups is 1. The highest BCUT2D eigenvalue weighted by atomic mass is 79.9. The highest BCUT2D eigenvalue weighted by Gasteiger charge is 2.24. The van der Waals surface area contributed by atoms with Crippen LogP contribution in [0.3, 0.4) is 0 Å². The summed E-state index contributed by atoms with van der Waals surface area (Å²) in [7, 11) is 0. The first-order valence-corrected chi connectivity index (χ1v) is 4.17. The van der Waals surface area contributed by atoms with Gasteiger partial charge in [-0.25, -0.2) is 0 Å². The molecule has 0 aromatic rings. The van der Waals surface area contributed by atoms with Gasteiger partial charge < -0.3 is 10.8 Å². The molecular formula is C8H16BrNO2. The Labute approximate surface area is 83.1 Å². The summed E-state index contributed by atoms with van der Waals surface area (Å²) in [5, 5.41) is 8.67. The van der Waals surface area contributed by atoms with E-state index in [0.29, 0.717) is 12.5 Å². The van der Waals surface area contributed by atoms with Gasteiger partial charge >= 0.3 is 5.97 Å². The zero-order valence-corrected chi connectivity index (χ0v) is 8.74. The first-order chi connectivity index (χ1) is 5.24. The molecule has 1 aliphatic carbocycles. The summed E-state index contributed by atoms with van der Waals surface area (Å²) in [5.41, 5.74) is 5.48. The molecule has 72 valence electrons. The van der Waals surface area contributed by atoms with Crippen molar-refractivity contribution in [3.8, 4) is 0 Å². The molecule has 12 heavy (non-hydrogen) atoms. The number of carboxylic acid groups (broad SMARTS) is 1. The Morgan fingerprint density at radius 1 is 1.33 bits per heavy atom. The van der Waals surface area contributed by atoms with Crippen molar-refractivity contribution in [1.82, 2.24) is 0 Å². The Kier molecular flexibility index (Phi) is 5.50. The standard InChI is InChI=1S/C8H15NO2.BrH/c9-5-6-1-3-7(4-2-6)8(10)11;/h6-7H,1-5,9H2,(H,10,11);1H. The maximum absolute atomic E-state index is 10.5. The van der Waals surface area contributed by atoms with Gasteiger partial charge in [-0.05, 0) is 38.1 Å². The molecule has 1 fully saturated rings. The normalized spacial score (nSPS) is 29.1. The van der Waals surface area contributed by atoms with Crippen LogP contribution in [0.1, 0.15) is 25.7 Å². The molecule has 3 N–H and O–H groups in total. The van der Waals surface area contributed by atoms with Crippen LogP contribution < -0.4 is 5.73 Å². The van der Waals surface area contributed by atoms with E-state index in [9.17, 15) is 4.79 Å². The molecule has 0 amide bonds. The quantitative estimate of drug-likeness (QED) is 0.764. The molecule has 0 bridgehead atoms. The number of halogens is 1. The Bertz CT molecular complexity index is 144. The van der Waals surface area contributed by atoms with Gasteiger partial charge in [0.15, 0.2) is 0 Å².